The first-order chi connectivity index (χ1) is 14.8. The van der Waals surface area contributed by atoms with E-state index >= 15 is 0 Å². The number of aryl methyl sites for hydroxylation is 1. The van der Waals surface area contributed by atoms with Crippen molar-refractivity contribution < 1.29 is 14.3 Å². The first kappa shape index (κ1) is 24.3. The fraction of sp³-hybridized carbons (Fsp3) is 0.360. The lowest BCUT2D eigenvalue weighted by Crippen LogP contribution is -2.35. The summed E-state index contributed by atoms with van der Waals surface area (Å²) in [5.74, 6) is -0.660. The van der Waals surface area contributed by atoms with Gasteiger partial charge in [-0.3, -0.25) is 9.48 Å². The molecule has 3 aromatic rings. The standard InChI is InChI=1S/C23H26FN3O2.C2H6/c1-14(2)27-22(7-8-25-27)18-10-17(20-6-5-15(3)9-21(20)24)11-19(12-18)23(29)26-16(4)13-28;1-2/h5-12,14,16,28H,13H2,1-4H3,(H,26,29);1-2H3. The molecule has 0 saturated heterocycles. The molecule has 1 heterocycles. The molecule has 3 rings (SSSR count). The molecule has 0 fully saturated rings. The van der Waals surface area contributed by atoms with Gasteiger partial charge < -0.3 is 10.4 Å². The van der Waals surface area contributed by atoms with Crippen molar-refractivity contribution in [1.29, 1.82) is 0 Å². The number of benzene rings is 2. The number of carbonyl (C=O) groups excluding carboxylic acids is 1. The molecule has 5 nitrogen and oxygen atoms in total. The molecule has 1 aromatic heterocycles. The second-order valence-corrected chi connectivity index (χ2v) is 7.59. The number of rotatable bonds is 6. The van der Waals surface area contributed by atoms with Gasteiger partial charge in [-0.2, -0.15) is 5.10 Å². The Kier molecular flexibility index (Phi) is 8.51. The third-order valence-electron chi connectivity index (χ3n) is 4.74. The molecule has 0 radical (unpaired) electrons. The number of hydrogen-bond donors (Lipinski definition) is 2. The van der Waals surface area contributed by atoms with Gasteiger partial charge in [-0.05, 0) is 69.2 Å². The van der Waals surface area contributed by atoms with Crippen LogP contribution in [0.5, 0.6) is 0 Å². The molecule has 1 atom stereocenters. The monoisotopic (exact) mass is 425 g/mol. The zero-order chi connectivity index (χ0) is 23.1. The van der Waals surface area contributed by atoms with E-state index in [9.17, 15) is 14.3 Å². The SMILES string of the molecule is CC.Cc1ccc(-c2cc(C(=O)NC(C)CO)cc(-c3ccnn3C(C)C)c2)c(F)c1. The van der Waals surface area contributed by atoms with Crippen LogP contribution in [0.2, 0.25) is 0 Å². The van der Waals surface area contributed by atoms with Crippen LogP contribution in [0.1, 0.15) is 56.6 Å². The fourth-order valence-corrected chi connectivity index (χ4v) is 3.22. The smallest absolute Gasteiger partial charge is 0.251 e. The molecule has 0 aliphatic heterocycles. The summed E-state index contributed by atoms with van der Waals surface area (Å²) in [5, 5.41) is 16.4. The summed E-state index contributed by atoms with van der Waals surface area (Å²) in [6.07, 6.45) is 1.71. The number of aliphatic hydroxyl groups is 1. The lowest BCUT2D eigenvalue weighted by molar-refractivity contribution is 0.0922. The van der Waals surface area contributed by atoms with E-state index in [-0.39, 0.29) is 30.4 Å². The molecule has 6 heteroatoms. The Morgan fingerprint density at radius 2 is 1.77 bits per heavy atom. The molecule has 0 saturated carbocycles. The lowest BCUT2D eigenvalue weighted by atomic mass is 9.96. The maximum atomic E-state index is 14.7. The van der Waals surface area contributed by atoms with Crippen molar-refractivity contribution in [2.45, 2.75) is 53.6 Å². The quantitative estimate of drug-likeness (QED) is 0.557. The van der Waals surface area contributed by atoms with E-state index in [2.05, 4.69) is 10.4 Å². The molecular formula is C25H32FN3O2. The Balaban J connectivity index is 0.00000166. The van der Waals surface area contributed by atoms with Gasteiger partial charge in [0.1, 0.15) is 5.82 Å². The molecule has 1 amide bonds. The third-order valence-corrected chi connectivity index (χ3v) is 4.74. The number of hydrogen-bond acceptors (Lipinski definition) is 3. The molecule has 166 valence electrons. The number of aromatic nitrogens is 2. The van der Waals surface area contributed by atoms with Crippen molar-refractivity contribution in [2.24, 2.45) is 0 Å². The summed E-state index contributed by atoms with van der Waals surface area (Å²) < 4.78 is 16.5. The average Bonchev–Trinajstić information content (AvgIpc) is 3.25. The minimum atomic E-state index is -0.382. The molecule has 31 heavy (non-hydrogen) atoms. The number of aliphatic hydroxyl groups excluding tert-OH is 1. The van der Waals surface area contributed by atoms with Gasteiger partial charge in [-0.25, -0.2) is 4.39 Å². The van der Waals surface area contributed by atoms with Gasteiger partial charge in [0.2, 0.25) is 0 Å². The van der Waals surface area contributed by atoms with Crippen LogP contribution in [-0.2, 0) is 0 Å². The van der Waals surface area contributed by atoms with Gasteiger partial charge >= 0.3 is 0 Å². The molecule has 0 spiro atoms. The third kappa shape index (κ3) is 5.79. The van der Waals surface area contributed by atoms with Crippen molar-refractivity contribution in [3.8, 4) is 22.4 Å². The Hall–Kier alpha value is -2.99. The van der Waals surface area contributed by atoms with Crippen molar-refractivity contribution >= 4 is 5.91 Å². The highest BCUT2D eigenvalue weighted by Gasteiger charge is 2.17. The second kappa shape index (κ2) is 10.9. The maximum Gasteiger partial charge on any atom is 0.251 e. The molecule has 0 bridgehead atoms. The molecule has 0 aliphatic rings. The van der Waals surface area contributed by atoms with Crippen LogP contribution in [0.4, 0.5) is 4.39 Å². The minimum Gasteiger partial charge on any atom is -0.394 e. The van der Waals surface area contributed by atoms with E-state index in [1.165, 1.54) is 6.07 Å². The highest BCUT2D eigenvalue weighted by molar-refractivity contribution is 5.97. The average molecular weight is 426 g/mol. The van der Waals surface area contributed by atoms with E-state index < -0.39 is 0 Å². The van der Waals surface area contributed by atoms with Crippen LogP contribution in [-0.4, -0.2) is 33.4 Å². The zero-order valence-electron chi connectivity index (χ0n) is 19.1. The predicted molar refractivity (Wildman–Crippen MR) is 124 cm³/mol. The van der Waals surface area contributed by atoms with E-state index in [4.69, 9.17) is 0 Å². The number of nitrogens with one attached hydrogen (secondary N) is 1. The summed E-state index contributed by atoms with van der Waals surface area (Å²) in [6.45, 7) is 11.4. The highest BCUT2D eigenvalue weighted by atomic mass is 19.1. The Morgan fingerprint density at radius 1 is 1.10 bits per heavy atom. The van der Waals surface area contributed by atoms with Crippen molar-refractivity contribution in [1.82, 2.24) is 15.1 Å². The number of nitrogens with zero attached hydrogens (tertiary/aromatic N) is 2. The molecule has 2 aromatic carbocycles. The van der Waals surface area contributed by atoms with Crippen molar-refractivity contribution in [2.75, 3.05) is 6.61 Å². The number of amides is 1. The van der Waals surface area contributed by atoms with Crippen LogP contribution < -0.4 is 5.32 Å². The normalized spacial score (nSPS) is 11.6. The van der Waals surface area contributed by atoms with Crippen molar-refractivity contribution in [3.63, 3.8) is 0 Å². The topological polar surface area (TPSA) is 67.2 Å². The number of halogens is 1. The highest BCUT2D eigenvalue weighted by Crippen LogP contribution is 2.31. The van der Waals surface area contributed by atoms with Gasteiger partial charge in [0.25, 0.3) is 5.91 Å². The fourth-order valence-electron chi connectivity index (χ4n) is 3.22. The summed E-state index contributed by atoms with van der Waals surface area (Å²) in [6, 6.07) is 12.0. The minimum absolute atomic E-state index is 0.131. The molecule has 0 aliphatic carbocycles. The first-order valence-corrected chi connectivity index (χ1v) is 10.7. The number of carbonyl (C=O) groups is 1. The van der Waals surface area contributed by atoms with Gasteiger partial charge in [-0.15, -0.1) is 0 Å². The van der Waals surface area contributed by atoms with Gasteiger partial charge in [-0.1, -0.05) is 26.0 Å². The van der Waals surface area contributed by atoms with Gasteiger partial charge in [0, 0.05) is 35.0 Å². The van der Waals surface area contributed by atoms with Crippen LogP contribution in [0.25, 0.3) is 22.4 Å². The van der Waals surface area contributed by atoms with E-state index in [0.717, 1.165) is 16.8 Å². The second-order valence-electron chi connectivity index (χ2n) is 7.59. The van der Waals surface area contributed by atoms with Crippen LogP contribution in [0.3, 0.4) is 0 Å². The Morgan fingerprint density at radius 3 is 2.39 bits per heavy atom. The molecule has 1 unspecified atom stereocenters. The molecular weight excluding hydrogens is 393 g/mol. The van der Waals surface area contributed by atoms with Crippen LogP contribution in [0, 0.1) is 12.7 Å². The molecule has 2 N–H and O–H groups in total. The van der Waals surface area contributed by atoms with E-state index in [1.807, 2.05) is 57.5 Å². The summed E-state index contributed by atoms with van der Waals surface area (Å²) in [4.78, 5) is 12.7. The summed E-state index contributed by atoms with van der Waals surface area (Å²) >= 11 is 0. The van der Waals surface area contributed by atoms with Gasteiger partial charge in [0.15, 0.2) is 0 Å². The van der Waals surface area contributed by atoms with Crippen LogP contribution >= 0.6 is 0 Å². The summed E-state index contributed by atoms with van der Waals surface area (Å²) in [7, 11) is 0. The van der Waals surface area contributed by atoms with E-state index in [0.29, 0.717) is 16.7 Å². The summed E-state index contributed by atoms with van der Waals surface area (Å²) in [5.41, 5.74) is 3.88. The Bertz CT molecular complexity index is 1030. The zero-order valence-corrected chi connectivity index (χ0v) is 19.1. The van der Waals surface area contributed by atoms with Crippen molar-refractivity contribution in [3.05, 3.63) is 65.6 Å². The van der Waals surface area contributed by atoms with E-state index in [1.54, 1.807) is 31.3 Å². The maximum absolute atomic E-state index is 14.7. The van der Waals surface area contributed by atoms with Gasteiger partial charge in [0.05, 0.1) is 12.3 Å². The largest absolute Gasteiger partial charge is 0.394 e. The Labute approximate surface area is 183 Å². The lowest BCUT2D eigenvalue weighted by Gasteiger charge is -2.16. The first-order valence-electron chi connectivity index (χ1n) is 10.7. The predicted octanol–water partition coefficient (Wildman–Crippen LogP) is 5.38. The van der Waals surface area contributed by atoms with Crippen LogP contribution in [0.15, 0.2) is 48.7 Å².